The van der Waals surface area contributed by atoms with Crippen molar-refractivity contribution in [2.24, 2.45) is 5.41 Å². The molecule has 0 bridgehead atoms. The van der Waals surface area contributed by atoms with Crippen molar-refractivity contribution in [3.8, 4) is 11.5 Å². The van der Waals surface area contributed by atoms with Gasteiger partial charge in [0.15, 0.2) is 0 Å². The van der Waals surface area contributed by atoms with Gasteiger partial charge in [-0.3, -0.25) is 10.1 Å². The van der Waals surface area contributed by atoms with E-state index in [2.05, 4.69) is 13.8 Å². The lowest BCUT2D eigenvalue weighted by molar-refractivity contribution is -0.386. The number of benzene rings is 1. The van der Waals surface area contributed by atoms with Crippen LogP contribution in [0.3, 0.4) is 0 Å². The summed E-state index contributed by atoms with van der Waals surface area (Å²) in [7, 11) is 1.52. The van der Waals surface area contributed by atoms with E-state index in [9.17, 15) is 10.1 Å². The minimum absolute atomic E-state index is 0.0464. The smallest absolute Gasteiger partial charge is 0.311 e. The zero-order valence-electron chi connectivity index (χ0n) is 12.5. The largest absolute Gasteiger partial charge is 0.497 e. The van der Waals surface area contributed by atoms with Gasteiger partial charge < -0.3 is 9.47 Å². The Labute approximate surface area is 129 Å². The number of alkyl halides is 1. The van der Waals surface area contributed by atoms with Crippen molar-refractivity contribution in [1.82, 2.24) is 0 Å². The molecule has 0 radical (unpaired) electrons. The predicted octanol–water partition coefficient (Wildman–Crippen LogP) is 4.17. The van der Waals surface area contributed by atoms with Gasteiger partial charge >= 0.3 is 5.69 Å². The van der Waals surface area contributed by atoms with E-state index < -0.39 is 4.92 Å². The number of hydrogen-bond donors (Lipinski definition) is 0. The first-order chi connectivity index (χ1) is 9.98. The second-order valence-corrected chi connectivity index (χ2v) is 5.87. The van der Waals surface area contributed by atoms with Crippen molar-refractivity contribution < 1.29 is 14.4 Å². The molecule has 0 aliphatic heterocycles. The fourth-order valence-electron chi connectivity index (χ4n) is 3.03. The monoisotopic (exact) mass is 313 g/mol. The molecule has 2 atom stereocenters. The molecule has 1 fully saturated rings. The highest BCUT2D eigenvalue weighted by Crippen LogP contribution is 2.52. The maximum Gasteiger partial charge on any atom is 0.311 e. The van der Waals surface area contributed by atoms with E-state index in [1.807, 2.05) is 0 Å². The van der Waals surface area contributed by atoms with Crippen LogP contribution >= 0.6 is 11.6 Å². The normalized spacial score (nSPS) is 23.2. The summed E-state index contributed by atoms with van der Waals surface area (Å²) in [5.41, 5.74) is -0.159. The molecule has 1 aromatic carbocycles. The van der Waals surface area contributed by atoms with Crippen LogP contribution in [0.2, 0.25) is 0 Å². The number of methoxy groups -OCH3 is 1. The summed E-state index contributed by atoms with van der Waals surface area (Å²) >= 11 is 6.36. The van der Waals surface area contributed by atoms with Gasteiger partial charge in [-0.2, -0.15) is 0 Å². The lowest BCUT2D eigenvalue weighted by Gasteiger charge is -2.52. The van der Waals surface area contributed by atoms with Crippen LogP contribution in [0.5, 0.6) is 11.5 Å². The molecule has 1 aromatic rings. The fraction of sp³-hybridized carbons (Fsp3) is 0.600. The molecular formula is C15H20ClNO4. The molecule has 0 N–H and O–H groups in total. The van der Waals surface area contributed by atoms with E-state index in [1.54, 1.807) is 12.1 Å². The van der Waals surface area contributed by atoms with Gasteiger partial charge in [0.2, 0.25) is 5.75 Å². The van der Waals surface area contributed by atoms with Crippen LogP contribution in [0.25, 0.3) is 0 Å². The van der Waals surface area contributed by atoms with E-state index >= 15 is 0 Å². The van der Waals surface area contributed by atoms with Gasteiger partial charge in [0, 0.05) is 29.3 Å². The quantitative estimate of drug-likeness (QED) is 0.449. The average molecular weight is 314 g/mol. The molecule has 1 saturated carbocycles. The fourth-order valence-corrected chi connectivity index (χ4v) is 3.64. The molecule has 21 heavy (non-hydrogen) atoms. The third kappa shape index (κ3) is 2.67. The Balaban J connectivity index is 2.29. The van der Waals surface area contributed by atoms with E-state index in [-0.39, 0.29) is 28.3 Å². The molecule has 6 heteroatoms. The molecule has 1 aliphatic rings. The molecule has 0 saturated heterocycles. The van der Waals surface area contributed by atoms with Crippen molar-refractivity contribution in [3.05, 3.63) is 28.3 Å². The molecule has 1 aliphatic carbocycles. The lowest BCUT2D eigenvalue weighted by atomic mass is 9.62. The van der Waals surface area contributed by atoms with E-state index in [0.717, 1.165) is 12.8 Å². The molecule has 2 rings (SSSR count). The highest BCUT2D eigenvalue weighted by atomic mass is 35.5. The standard InChI is InChI=1S/C15H20ClNO4/c1-4-15(5-2)13(16)9-14(15)21-12-8-10(20-3)6-7-11(12)17(18)19/h6-8,13-14H,4-5,9H2,1-3H3. The molecule has 5 nitrogen and oxygen atoms in total. The third-order valence-electron chi connectivity index (χ3n) is 4.64. The summed E-state index contributed by atoms with van der Waals surface area (Å²) < 4.78 is 11.1. The van der Waals surface area contributed by atoms with Crippen LogP contribution in [0.15, 0.2) is 18.2 Å². The Hall–Kier alpha value is -1.49. The molecule has 116 valence electrons. The Morgan fingerprint density at radius 2 is 2.10 bits per heavy atom. The Bertz CT molecular complexity index is 530. The van der Waals surface area contributed by atoms with Crippen molar-refractivity contribution in [2.75, 3.05) is 7.11 Å². The lowest BCUT2D eigenvalue weighted by Crippen LogP contribution is -2.56. The van der Waals surface area contributed by atoms with Gasteiger partial charge in [-0.05, 0) is 18.9 Å². The van der Waals surface area contributed by atoms with E-state index in [0.29, 0.717) is 12.2 Å². The zero-order chi connectivity index (χ0) is 15.6. The van der Waals surface area contributed by atoms with Crippen LogP contribution in [0.1, 0.15) is 33.1 Å². The number of halogens is 1. The highest BCUT2D eigenvalue weighted by Gasteiger charge is 2.54. The van der Waals surface area contributed by atoms with E-state index in [1.165, 1.54) is 13.2 Å². The van der Waals surface area contributed by atoms with Crippen LogP contribution in [-0.2, 0) is 0 Å². The number of nitro benzene ring substituents is 1. The summed E-state index contributed by atoms with van der Waals surface area (Å²) in [6.45, 7) is 4.16. The highest BCUT2D eigenvalue weighted by molar-refractivity contribution is 6.21. The average Bonchev–Trinajstić information content (AvgIpc) is 2.47. The van der Waals surface area contributed by atoms with Crippen molar-refractivity contribution in [1.29, 1.82) is 0 Å². The van der Waals surface area contributed by atoms with Gasteiger partial charge in [0.25, 0.3) is 0 Å². The Morgan fingerprint density at radius 1 is 1.43 bits per heavy atom. The van der Waals surface area contributed by atoms with Crippen molar-refractivity contribution in [3.63, 3.8) is 0 Å². The third-order valence-corrected chi connectivity index (χ3v) is 5.25. The summed E-state index contributed by atoms with van der Waals surface area (Å²) in [5.74, 6) is 0.787. The van der Waals surface area contributed by atoms with Crippen LogP contribution in [-0.4, -0.2) is 23.5 Å². The second-order valence-electron chi connectivity index (χ2n) is 5.34. The molecule has 0 heterocycles. The number of nitro groups is 1. The Morgan fingerprint density at radius 3 is 2.57 bits per heavy atom. The first-order valence-electron chi connectivity index (χ1n) is 7.11. The zero-order valence-corrected chi connectivity index (χ0v) is 13.2. The van der Waals surface area contributed by atoms with E-state index in [4.69, 9.17) is 21.1 Å². The molecule has 0 amide bonds. The summed E-state index contributed by atoms with van der Waals surface area (Å²) in [6, 6.07) is 4.53. The SMILES string of the molecule is CCC1(CC)C(Cl)CC1Oc1cc(OC)ccc1[N+](=O)[O-]. The van der Waals surface area contributed by atoms with Crippen molar-refractivity contribution in [2.45, 2.75) is 44.6 Å². The minimum Gasteiger partial charge on any atom is -0.497 e. The maximum atomic E-state index is 11.1. The van der Waals surface area contributed by atoms with Crippen LogP contribution < -0.4 is 9.47 Å². The topological polar surface area (TPSA) is 61.6 Å². The van der Waals surface area contributed by atoms with Gasteiger partial charge in [-0.25, -0.2) is 0 Å². The molecule has 0 spiro atoms. The number of nitrogens with zero attached hydrogens (tertiary/aromatic N) is 1. The van der Waals surface area contributed by atoms with Gasteiger partial charge in [0.1, 0.15) is 11.9 Å². The second kappa shape index (κ2) is 6.10. The van der Waals surface area contributed by atoms with Gasteiger partial charge in [-0.1, -0.05) is 13.8 Å². The van der Waals surface area contributed by atoms with Crippen molar-refractivity contribution >= 4 is 17.3 Å². The number of ether oxygens (including phenoxy) is 2. The predicted molar refractivity (Wildman–Crippen MR) is 81.3 cm³/mol. The van der Waals surface area contributed by atoms with Crippen LogP contribution in [0.4, 0.5) is 5.69 Å². The first-order valence-corrected chi connectivity index (χ1v) is 7.55. The summed E-state index contributed by atoms with van der Waals surface area (Å²) in [5, 5.41) is 11.2. The summed E-state index contributed by atoms with van der Waals surface area (Å²) in [4.78, 5) is 10.7. The molecular weight excluding hydrogens is 294 g/mol. The number of hydrogen-bond acceptors (Lipinski definition) is 4. The molecule has 2 unspecified atom stereocenters. The van der Waals surface area contributed by atoms with Gasteiger partial charge in [0.05, 0.1) is 12.0 Å². The molecule has 0 aromatic heterocycles. The van der Waals surface area contributed by atoms with Gasteiger partial charge in [-0.15, -0.1) is 11.6 Å². The summed E-state index contributed by atoms with van der Waals surface area (Å²) in [6.07, 6.45) is 2.39. The van der Waals surface area contributed by atoms with Crippen LogP contribution in [0, 0.1) is 15.5 Å². The first kappa shape index (κ1) is 15.9. The minimum atomic E-state index is -0.439. The Kier molecular flexibility index (Phi) is 4.61. The number of rotatable bonds is 6. The maximum absolute atomic E-state index is 11.1.